The first-order valence-corrected chi connectivity index (χ1v) is 10.2. The number of carbonyl (C=O) groups is 1. The van der Waals surface area contributed by atoms with Crippen LogP contribution in [0.4, 0.5) is 5.69 Å². The molecule has 2 aliphatic rings. The summed E-state index contributed by atoms with van der Waals surface area (Å²) in [5.41, 5.74) is 2.22. The lowest BCUT2D eigenvalue weighted by Gasteiger charge is -2.29. The van der Waals surface area contributed by atoms with E-state index in [4.69, 9.17) is 17.0 Å². The first-order valence-electron chi connectivity index (χ1n) is 9.02. The maximum Gasteiger partial charge on any atom is 0.267 e. The lowest BCUT2D eigenvalue weighted by Crippen LogP contribution is -2.45. The molecule has 140 valence electrons. The number of anilines is 1. The van der Waals surface area contributed by atoms with Gasteiger partial charge < -0.3 is 9.64 Å². The van der Waals surface area contributed by atoms with Gasteiger partial charge in [-0.05, 0) is 37.6 Å². The minimum Gasteiger partial charge on any atom is -0.379 e. The fraction of sp³-hybridized carbons (Fsp3) is 0.474. The Labute approximate surface area is 165 Å². The number of hydrogen-bond donors (Lipinski definition) is 0. The van der Waals surface area contributed by atoms with Crippen LogP contribution in [0.2, 0.25) is 0 Å². The Hall–Kier alpha value is -1.41. The van der Waals surface area contributed by atoms with Crippen molar-refractivity contribution in [2.24, 2.45) is 0 Å². The Morgan fingerprint density at radius 3 is 2.46 bits per heavy atom. The molecule has 2 heterocycles. The summed E-state index contributed by atoms with van der Waals surface area (Å²) < 4.78 is 5.99. The highest BCUT2D eigenvalue weighted by molar-refractivity contribution is 8.26. The molecule has 2 fully saturated rings. The number of thiocarbonyl (C=S) groups is 1. The lowest BCUT2D eigenvalue weighted by atomic mass is 10.1. The summed E-state index contributed by atoms with van der Waals surface area (Å²) in [7, 11) is 0. The van der Waals surface area contributed by atoms with E-state index >= 15 is 0 Å². The predicted molar refractivity (Wildman–Crippen MR) is 112 cm³/mol. The van der Waals surface area contributed by atoms with E-state index in [1.807, 2.05) is 6.08 Å². The fourth-order valence-electron chi connectivity index (χ4n) is 3.09. The van der Waals surface area contributed by atoms with E-state index in [1.165, 1.54) is 17.4 Å². The SMILES string of the molecule is CCN(CC)c1ccc(/C=C2/SC(=S)N(CN3CCOCC3)C2=O)cc1. The molecule has 0 atom stereocenters. The number of amides is 1. The standard InChI is InChI=1S/C19H25N3O2S2/c1-3-21(4-2)16-7-5-15(6-8-16)13-17-18(23)22(19(25)26-17)14-20-9-11-24-12-10-20/h5-8,13H,3-4,9-12,14H2,1-2H3/b17-13+. The van der Waals surface area contributed by atoms with Crippen molar-refractivity contribution in [2.75, 3.05) is 51.0 Å². The molecule has 1 aromatic rings. The van der Waals surface area contributed by atoms with E-state index < -0.39 is 0 Å². The topological polar surface area (TPSA) is 36.0 Å². The Bertz CT molecular complexity index is 681. The first-order chi connectivity index (χ1) is 12.6. The normalized spacial score (nSPS) is 20.2. The zero-order valence-corrected chi connectivity index (χ0v) is 16.9. The molecule has 5 nitrogen and oxygen atoms in total. The second-order valence-electron chi connectivity index (χ2n) is 6.25. The number of carbonyl (C=O) groups excluding carboxylic acids is 1. The molecule has 0 radical (unpaired) electrons. The van der Waals surface area contributed by atoms with Crippen molar-refractivity contribution in [3.63, 3.8) is 0 Å². The van der Waals surface area contributed by atoms with Crippen LogP contribution in [0.5, 0.6) is 0 Å². The summed E-state index contributed by atoms with van der Waals surface area (Å²) in [6.07, 6.45) is 1.94. The van der Waals surface area contributed by atoms with Gasteiger partial charge in [0.25, 0.3) is 5.91 Å². The van der Waals surface area contributed by atoms with Crippen molar-refractivity contribution in [3.8, 4) is 0 Å². The van der Waals surface area contributed by atoms with E-state index in [9.17, 15) is 4.79 Å². The molecule has 2 saturated heterocycles. The molecule has 0 unspecified atom stereocenters. The first kappa shape index (κ1) is 19.4. The Kier molecular flexibility index (Phi) is 6.69. The van der Waals surface area contributed by atoms with Crippen molar-refractivity contribution in [1.29, 1.82) is 0 Å². The van der Waals surface area contributed by atoms with Gasteiger partial charge in [-0.3, -0.25) is 14.6 Å². The number of thioether (sulfide) groups is 1. The molecule has 1 aromatic carbocycles. The minimum atomic E-state index is -0.000638. The van der Waals surface area contributed by atoms with Gasteiger partial charge in [0.1, 0.15) is 4.32 Å². The number of rotatable bonds is 6. The van der Waals surface area contributed by atoms with Gasteiger partial charge in [0.15, 0.2) is 0 Å². The van der Waals surface area contributed by atoms with Gasteiger partial charge in [-0.2, -0.15) is 0 Å². The molecule has 0 saturated carbocycles. The van der Waals surface area contributed by atoms with E-state index in [2.05, 4.69) is 47.9 Å². The summed E-state index contributed by atoms with van der Waals surface area (Å²) in [5.74, 6) is -0.000638. The van der Waals surface area contributed by atoms with Crippen LogP contribution >= 0.6 is 24.0 Å². The van der Waals surface area contributed by atoms with Crippen molar-refractivity contribution >= 4 is 46.0 Å². The highest BCUT2D eigenvalue weighted by Crippen LogP contribution is 2.33. The summed E-state index contributed by atoms with van der Waals surface area (Å²) >= 11 is 6.81. The van der Waals surface area contributed by atoms with Crippen molar-refractivity contribution < 1.29 is 9.53 Å². The van der Waals surface area contributed by atoms with Crippen LogP contribution in [0.3, 0.4) is 0 Å². The van der Waals surface area contributed by atoms with Crippen LogP contribution in [-0.2, 0) is 9.53 Å². The molecule has 1 amide bonds. The monoisotopic (exact) mass is 391 g/mol. The van der Waals surface area contributed by atoms with Gasteiger partial charge >= 0.3 is 0 Å². The Balaban J connectivity index is 1.69. The lowest BCUT2D eigenvalue weighted by molar-refractivity contribution is -0.124. The zero-order valence-electron chi connectivity index (χ0n) is 15.3. The van der Waals surface area contributed by atoms with Crippen LogP contribution in [0.15, 0.2) is 29.2 Å². The third-order valence-electron chi connectivity index (χ3n) is 4.64. The Morgan fingerprint density at radius 1 is 1.19 bits per heavy atom. The van der Waals surface area contributed by atoms with Crippen LogP contribution in [0.1, 0.15) is 19.4 Å². The Morgan fingerprint density at radius 2 is 1.85 bits per heavy atom. The fourth-order valence-corrected chi connectivity index (χ4v) is 4.33. The van der Waals surface area contributed by atoms with Gasteiger partial charge in [0.05, 0.1) is 24.8 Å². The van der Waals surface area contributed by atoms with E-state index in [1.54, 1.807) is 4.90 Å². The molecule has 0 bridgehead atoms. The molecule has 26 heavy (non-hydrogen) atoms. The minimum absolute atomic E-state index is 0.000638. The molecule has 0 spiro atoms. The van der Waals surface area contributed by atoms with Crippen LogP contribution in [0, 0.1) is 0 Å². The van der Waals surface area contributed by atoms with Crippen LogP contribution in [-0.4, -0.2) is 66.1 Å². The van der Waals surface area contributed by atoms with Crippen LogP contribution < -0.4 is 4.90 Å². The number of benzene rings is 1. The maximum atomic E-state index is 12.7. The summed E-state index contributed by atoms with van der Waals surface area (Å²) in [5, 5.41) is 0. The second kappa shape index (κ2) is 8.99. The van der Waals surface area contributed by atoms with E-state index in [-0.39, 0.29) is 5.91 Å². The van der Waals surface area contributed by atoms with E-state index in [0.29, 0.717) is 29.1 Å². The maximum absolute atomic E-state index is 12.7. The number of ether oxygens (including phenoxy) is 1. The largest absolute Gasteiger partial charge is 0.379 e. The van der Waals surface area contributed by atoms with Crippen LogP contribution in [0.25, 0.3) is 6.08 Å². The number of hydrogen-bond acceptors (Lipinski definition) is 6. The van der Waals surface area contributed by atoms with Gasteiger partial charge in [-0.25, -0.2) is 0 Å². The highest BCUT2D eigenvalue weighted by atomic mass is 32.2. The quantitative estimate of drug-likeness (QED) is 0.548. The van der Waals surface area contributed by atoms with Gasteiger partial charge in [0, 0.05) is 31.9 Å². The predicted octanol–water partition coefficient (Wildman–Crippen LogP) is 3.02. The van der Waals surface area contributed by atoms with E-state index in [0.717, 1.165) is 31.7 Å². The average Bonchev–Trinajstić information content (AvgIpc) is 2.92. The third-order valence-corrected chi connectivity index (χ3v) is 6.02. The average molecular weight is 392 g/mol. The van der Waals surface area contributed by atoms with Gasteiger partial charge in [-0.15, -0.1) is 0 Å². The molecular weight excluding hydrogens is 366 g/mol. The summed E-state index contributed by atoms with van der Waals surface area (Å²) in [4.78, 5) is 19.6. The number of nitrogens with zero attached hydrogens (tertiary/aromatic N) is 3. The van der Waals surface area contributed by atoms with Crippen molar-refractivity contribution in [1.82, 2.24) is 9.80 Å². The van der Waals surface area contributed by atoms with Gasteiger partial charge in [0.2, 0.25) is 0 Å². The van der Waals surface area contributed by atoms with Crippen molar-refractivity contribution in [2.45, 2.75) is 13.8 Å². The number of morpholine rings is 1. The third kappa shape index (κ3) is 4.46. The molecule has 0 aliphatic carbocycles. The van der Waals surface area contributed by atoms with Crippen molar-refractivity contribution in [3.05, 3.63) is 34.7 Å². The molecule has 2 aliphatic heterocycles. The summed E-state index contributed by atoms with van der Waals surface area (Å²) in [6.45, 7) is 9.91. The molecular formula is C19H25N3O2S2. The zero-order chi connectivity index (χ0) is 18.5. The molecule has 3 rings (SSSR count). The molecule has 7 heteroatoms. The highest BCUT2D eigenvalue weighted by Gasteiger charge is 2.33. The van der Waals surface area contributed by atoms with Gasteiger partial charge in [-0.1, -0.05) is 36.1 Å². The summed E-state index contributed by atoms with van der Waals surface area (Å²) in [6, 6.07) is 8.32. The smallest absolute Gasteiger partial charge is 0.267 e. The molecule has 0 aromatic heterocycles. The molecule has 0 N–H and O–H groups in total. The second-order valence-corrected chi connectivity index (χ2v) is 7.92.